The number of amides is 2. The molecule has 2 aromatic rings. The number of aryl methyl sites for hydroxylation is 1. The minimum Gasteiger partial charge on any atom is -0.463 e. The molecule has 2 aromatic carbocycles. The largest absolute Gasteiger partial charge is 0.463 e. The van der Waals surface area contributed by atoms with Crippen molar-refractivity contribution in [2.24, 2.45) is 5.92 Å². The van der Waals surface area contributed by atoms with E-state index in [4.69, 9.17) is 16.3 Å². The van der Waals surface area contributed by atoms with E-state index in [-0.39, 0.29) is 24.5 Å². The first kappa shape index (κ1) is 21.6. The van der Waals surface area contributed by atoms with Crippen molar-refractivity contribution in [2.75, 3.05) is 16.8 Å². The van der Waals surface area contributed by atoms with Gasteiger partial charge in [-0.2, -0.15) is 0 Å². The molecule has 0 saturated heterocycles. The second kappa shape index (κ2) is 9.13. The third-order valence-electron chi connectivity index (χ3n) is 4.90. The molecule has 1 heterocycles. The van der Waals surface area contributed by atoms with E-state index in [1.165, 1.54) is 4.90 Å². The van der Waals surface area contributed by atoms with Crippen molar-refractivity contribution in [3.05, 3.63) is 70.4 Å². The van der Waals surface area contributed by atoms with E-state index < -0.39 is 17.8 Å². The number of nitrogens with zero attached hydrogens (tertiary/aromatic N) is 1. The second-order valence-electron chi connectivity index (χ2n) is 7.04. The highest BCUT2D eigenvalue weighted by Crippen LogP contribution is 2.34. The maximum Gasteiger partial charge on any atom is 0.336 e. The lowest BCUT2D eigenvalue weighted by Gasteiger charge is -2.33. The van der Waals surface area contributed by atoms with Crippen LogP contribution >= 0.6 is 11.6 Å². The Balaban J connectivity index is 2.00. The fraction of sp³-hybridized carbons (Fsp3) is 0.261. The lowest BCUT2D eigenvalue weighted by Crippen LogP contribution is -2.43. The molecular weight excluding hydrogens is 404 g/mol. The first-order valence-electron chi connectivity index (χ1n) is 9.65. The Morgan fingerprint density at radius 1 is 1.17 bits per heavy atom. The molecule has 6 nitrogen and oxygen atoms in total. The van der Waals surface area contributed by atoms with E-state index in [9.17, 15) is 14.4 Å². The first-order chi connectivity index (χ1) is 14.3. The molecule has 3 rings (SSSR count). The van der Waals surface area contributed by atoms with Gasteiger partial charge in [-0.25, -0.2) is 4.79 Å². The molecule has 1 N–H and O–H groups in total. The molecular formula is C23H23ClN2O4. The third kappa shape index (κ3) is 4.54. The highest BCUT2D eigenvalue weighted by molar-refractivity contribution is 6.31. The van der Waals surface area contributed by atoms with Crippen LogP contribution in [0.25, 0.3) is 0 Å². The molecule has 0 saturated carbocycles. The number of hydrogen-bond donors (Lipinski definition) is 1. The quantitative estimate of drug-likeness (QED) is 0.715. The molecule has 0 aliphatic carbocycles. The summed E-state index contributed by atoms with van der Waals surface area (Å²) in [6, 6.07) is 14.1. The lowest BCUT2D eigenvalue weighted by molar-refractivity contribution is -0.141. The van der Waals surface area contributed by atoms with Crippen molar-refractivity contribution < 1.29 is 19.1 Å². The molecule has 0 radical (unpaired) electrons. The molecule has 7 heteroatoms. The van der Waals surface area contributed by atoms with Crippen LogP contribution in [0.1, 0.15) is 25.8 Å². The topological polar surface area (TPSA) is 75.7 Å². The Hall–Kier alpha value is -3.12. The van der Waals surface area contributed by atoms with E-state index in [2.05, 4.69) is 5.32 Å². The zero-order valence-corrected chi connectivity index (χ0v) is 17.8. The van der Waals surface area contributed by atoms with Crippen LogP contribution in [0.3, 0.4) is 0 Å². The van der Waals surface area contributed by atoms with Gasteiger partial charge in [0.25, 0.3) is 0 Å². The van der Waals surface area contributed by atoms with Gasteiger partial charge in [0.05, 0.1) is 18.1 Å². The van der Waals surface area contributed by atoms with Crippen molar-refractivity contribution >= 4 is 40.8 Å². The normalized spacial score (nSPS) is 16.5. The summed E-state index contributed by atoms with van der Waals surface area (Å²) in [4.78, 5) is 40.2. The average Bonchev–Trinajstić information content (AvgIpc) is 2.69. The summed E-state index contributed by atoms with van der Waals surface area (Å²) in [6.45, 7) is 5.46. The van der Waals surface area contributed by atoms with Crippen LogP contribution < -0.4 is 10.2 Å². The van der Waals surface area contributed by atoms with Gasteiger partial charge in [0.15, 0.2) is 0 Å². The SMILES string of the molecule is CCOC(=O)C1=C(C)N(c2ccc(C)cc2)C(=O)C[C@H]1C(=O)Nc1cccc(Cl)c1. The predicted molar refractivity (Wildman–Crippen MR) is 116 cm³/mol. The molecule has 0 bridgehead atoms. The summed E-state index contributed by atoms with van der Waals surface area (Å²) in [6.07, 6.45) is -0.147. The number of ether oxygens (including phenoxy) is 1. The van der Waals surface area contributed by atoms with Gasteiger partial charge < -0.3 is 10.1 Å². The number of halogens is 1. The number of hydrogen-bond acceptors (Lipinski definition) is 4. The van der Waals surface area contributed by atoms with Crippen LogP contribution in [0.15, 0.2) is 59.8 Å². The van der Waals surface area contributed by atoms with Crippen molar-refractivity contribution in [3.8, 4) is 0 Å². The average molecular weight is 427 g/mol. The maximum atomic E-state index is 13.0. The highest BCUT2D eigenvalue weighted by Gasteiger charge is 2.40. The number of carbonyl (C=O) groups excluding carboxylic acids is 3. The summed E-state index contributed by atoms with van der Waals surface area (Å²) in [5.74, 6) is -2.30. The number of rotatable bonds is 5. The summed E-state index contributed by atoms with van der Waals surface area (Å²) in [5, 5.41) is 3.21. The van der Waals surface area contributed by atoms with E-state index in [1.807, 2.05) is 31.2 Å². The molecule has 0 unspecified atom stereocenters. The van der Waals surface area contributed by atoms with Crippen LogP contribution in [0.5, 0.6) is 0 Å². The standard InChI is InChI=1S/C23H23ClN2O4/c1-4-30-23(29)21-15(3)26(18-10-8-14(2)9-11-18)20(27)13-19(21)22(28)25-17-7-5-6-16(24)12-17/h5-12,19H,4,13H2,1-3H3,(H,25,28)/t19-/m1/s1. The van der Waals surface area contributed by atoms with E-state index in [0.29, 0.717) is 22.1 Å². The van der Waals surface area contributed by atoms with Gasteiger partial charge in [0, 0.05) is 28.5 Å². The van der Waals surface area contributed by atoms with Crippen molar-refractivity contribution in [3.63, 3.8) is 0 Å². The molecule has 0 aromatic heterocycles. The zero-order chi connectivity index (χ0) is 21.8. The summed E-state index contributed by atoms with van der Waals surface area (Å²) < 4.78 is 5.20. The van der Waals surface area contributed by atoms with Gasteiger partial charge in [-0.1, -0.05) is 35.4 Å². The van der Waals surface area contributed by atoms with E-state index in [1.54, 1.807) is 38.1 Å². The number of benzene rings is 2. The molecule has 30 heavy (non-hydrogen) atoms. The Bertz CT molecular complexity index is 1010. The molecule has 1 aliphatic heterocycles. The molecule has 0 spiro atoms. The fourth-order valence-electron chi connectivity index (χ4n) is 3.48. The fourth-order valence-corrected chi connectivity index (χ4v) is 3.67. The third-order valence-corrected chi connectivity index (χ3v) is 5.13. The van der Waals surface area contributed by atoms with Gasteiger partial charge in [-0.3, -0.25) is 14.5 Å². The molecule has 1 atom stereocenters. The van der Waals surface area contributed by atoms with Gasteiger partial charge in [-0.05, 0) is 51.1 Å². The van der Waals surface area contributed by atoms with E-state index >= 15 is 0 Å². The lowest BCUT2D eigenvalue weighted by atomic mass is 9.88. The summed E-state index contributed by atoms with van der Waals surface area (Å²) in [5.41, 5.74) is 2.74. The Morgan fingerprint density at radius 3 is 2.50 bits per heavy atom. The Labute approximate surface area is 180 Å². The van der Waals surface area contributed by atoms with Crippen LogP contribution in [-0.2, 0) is 19.1 Å². The number of carbonyl (C=O) groups is 3. The molecule has 156 valence electrons. The summed E-state index contributed by atoms with van der Waals surface area (Å²) >= 11 is 5.98. The zero-order valence-electron chi connectivity index (χ0n) is 17.1. The van der Waals surface area contributed by atoms with Crippen LogP contribution in [0, 0.1) is 12.8 Å². The van der Waals surface area contributed by atoms with Gasteiger partial charge in [0.2, 0.25) is 11.8 Å². The number of nitrogens with one attached hydrogen (secondary N) is 1. The Kier molecular flexibility index (Phi) is 6.57. The van der Waals surface area contributed by atoms with Crippen LogP contribution in [0.4, 0.5) is 11.4 Å². The maximum absolute atomic E-state index is 13.0. The number of esters is 1. The van der Waals surface area contributed by atoms with Crippen molar-refractivity contribution in [1.82, 2.24) is 0 Å². The number of anilines is 2. The van der Waals surface area contributed by atoms with Crippen LogP contribution in [0.2, 0.25) is 5.02 Å². The molecule has 2 amide bonds. The van der Waals surface area contributed by atoms with Crippen molar-refractivity contribution in [2.45, 2.75) is 27.2 Å². The second-order valence-corrected chi connectivity index (χ2v) is 7.48. The first-order valence-corrected chi connectivity index (χ1v) is 10.0. The molecule has 1 aliphatic rings. The Morgan fingerprint density at radius 2 is 1.87 bits per heavy atom. The van der Waals surface area contributed by atoms with Gasteiger partial charge in [0.1, 0.15) is 0 Å². The van der Waals surface area contributed by atoms with Gasteiger partial charge in [-0.15, -0.1) is 0 Å². The minimum absolute atomic E-state index is 0.147. The predicted octanol–water partition coefficient (Wildman–Crippen LogP) is 4.48. The smallest absolute Gasteiger partial charge is 0.336 e. The van der Waals surface area contributed by atoms with Crippen LogP contribution in [-0.4, -0.2) is 24.4 Å². The van der Waals surface area contributed by atoms with Crippen molar-refractivity contribution in [1.29, 1.82) is 0 Å². The summed E-state index contributed by atoms with van der Waals surface area (Å²) in [7, 11) is 0. The highest BCUT2D eigenvalue weighted by atomic mass is 35.5. The van der Waals surface area contributed by atoms with E-state index in [0.717, 1.165) is 5.56 Å². The minimum atomic E-state index is -0.961. The molecule has 0 fully saturated rings. The number of allylic oxidation sites excluding steroid dienone is 1. The van der Waals surface area contributed by atoms with Gasteiger partial charge >= 0.3 is 5.97 Å². The monoisotopic (exact) mass is 426 g/mol.